The largest absolute Gasteiger partial charge is 0.378 e. The Labute approximate surface area is 165 Å². The van der Waals surface area contributed by atoms with Crippen LogP contribution in [0.15, 0.2) is 41.0 Å². The van der Waals surface area contributed by atoms with Gasteiger partial charge in [0.25, 0.3) is 0 Å². The molecule has 150 valence electrons. The first kappa shape index (κ1) is 20.7. The van der Waals surface area contributed by atoms with Crippen LogP contribution in [0.1, 0.15) is 17.7 Å². The van der Waals surface area contributed by atoms with Gasteiger partial charge in [-0.3, -0.25) is 9.78 Å². The fourth-order valence-corrected chi connectivity index (χ4v) is 3.23. The van der Waals surface area contributed by atoms with Crippen LogP contribution in [-0.2, 0) is 21.1 Å². The van der Waals surface area contributed by atoms with E-state index in [9.17, 15) is 18.7 Å². The fraction of sp³-hybridized carbons (Fsp3) is 0.333. The molecule has 2 heterocycles. The number of aromatic nitrogens is 1. The van der Waals surface area contributed by atoms with Crippen LogP contribution in [0.2, 0.25) is 0 Å². The van der Waals surface area contributed by atoms with Gasteiger partial charge in [-0.25, -0.2) is 8.78 Å². The minimum absolute atomic E-state index is 0.0538. The molecule has 5 nitrogen and oxygen atoms in total. The van der Waals surface area contributed by atoms with Crippen molar-refractivity contribution >= 4 is 22.3 Å². The van der Waals surface area contributed by atoms with Crippen molar-refractivity contribution in [2.45, 2.75) is 30.2 Å². The summed E-state index contributed by atoms with van der Waals surface area (Å²) in [5.74, 6) is -6.31. The van der Waals surface area contributed by atoms with Gasteiger partial charge >= 0.3 is 5.92 Å². The maximum atomic E-state index is 15.4. The predicted molar refractivity (Wildman–Crippen MR) is 93.4 cm³/mol. The van der Waals surface area contributed by atoms with Crippen LogP contribution in [0, 0.1) is 11.6 Å². The highest BCUT2D eigenvalue weighted by molar-refractivity contribution is 9.10. The predicted octanol–water partition coefficient (Wildman–Crippen LogP) is 3.01. The number of benzene rings is 1. The zero-order chi connectivity index (χ0) is 20.5. The summed E-state index contributed by atoms with van der Waals surface area (Å²) >= 11 is 3.08. The Balaban J connectivity index is 2.01. The topological polar surface area (TPSA) is 74.8 Å². The number of hydrogen-bond donors (Lipinski definition) is 2. The Bertz CT molecular complexity index is 868. The molecule has 28 heavy (non-hydrogen) atoms. The van der Waals surface area contributed by atoms with Crippen LogP contribution in [0.3, 0.4) is 0 Å². The lowest BCUT2D eigenvalue weighted by Gasteiger charge is -2.36. The molecule has 0 bridgehead atoms. The van der Waals surface area contributed by atoms with Gasteiger partial charge in [0, 0.05) is 35.3 Å². The molecule has 3 atom stereocenters. The van der Waals surface area contributed by atoms with E-state index < -0.39 is 53.0 Å². The summed E-state index contributed by atoms with van der Waals surface area (Å²) in [6.07, 6.45) is -0.608. The summed E-state index contributed by atoms with van der Waals surface area (Å²) < 4.78 is 64.0. The molecule has 0 aliphatic carbocycles. The Hall–Kier alpha value is -2.04. The number of nitrogens with one attached hydrogen (secondary N) is 1. The fourth-order valence-electron chi connectivity index (χ4n) is 3.00. The Morgan fingerprint density at radius 3 is 2.61 bits per heavy atom. The molecular weight excluding hydrogens is 448 g/mol. The third-order valence-electron chi connectivity index (χ3n) is 4.53. The van der Waals surface area contributed by atoms with Gasteiger partial charge in [-0.15, -0.1) is 0 Å². The van der Waals surface area contributed by atoms with Crippen LogP contribution in [0.25, 0.3) is 0 Å². The molecule has 2 aromatic rings. The van der Waals surface area contributed by atoms with Crippen LogP contribution >= 0.6 is 15.9 Å². The summed E-state index contributed by atoms with van der Waals surface area (Å²) in [6.45, 7) is 0.0538. The standard InChI is InChI=1S/C18H15BrF4N2O3/c19-10-1-4-16(25-7-10)18(22,23)17(27,6-14-15(28-14)8-24-9-26)12-3-2-11(20)5-13(12)21/h1-5,7,9,14-15,27H,6,8H2,(H,24,26). The first-order valence-electron chi connectivity index (χ1n) is 8.19. The maximum Gasteiger partial charge on any atom is 0.321 e. The van der Waals surface area contributed by atoms with E-state index in [1.165, 1.54) is 6.07 Å². The highest BCUT2D eigenvalue weighted by Gasteiger charge is 2.60. The van der Waals surface area contributed by atoms with Crippen molar-refractivity contribution < 1.29 is 32.2 Å². The lowest BCUT2D eigenvalue weighted by Crippen LogP contribution is -2.46. The molecule has 2 N–H and O–H groups in total. The van der Waals surface area contributed by atoms with E-state index in [-0.39, 0.29) is 6.54 Å². The zero-order valence-electron chi connectivity index (χ0n) is 14.2. The first-order chi connectivity index (χ1) is 13.2. The summed E-state index contributed by atoms with van der Waals surface area (Å²) in [5.41, 5.74) is -4.63. The number of epoxide rings is 1. The SMILES string of the molecule is O=CNCC1OC1CC(O)(c1ccc(F)cc1F)C(F)(F)c1ccc(Br)cn1. The van der Waals surface area contributed by atoms with E-state index in [2.05, 4.69) is 26.2 Å². The van der Waals surface area contributed by atoms with Gasteiger partial charge in [0.1, 0.15) is 23.4 Å². The van der Waals surface area contributed by atoms with E-state index in [0.717, 1.165) is 24.4 Å². The number of carbonyl (C=O) groups excluding carboxylic acids is 1. The van der Waals surface area contributed by atoms with Gasteiger partial charge in [-0.2, -0.15) is 8.78 Å². The zero-order valence-corrected chi connectivity index (χ0v) is 15.8. The average Bonchev–Trinajstić information content (AvgIpc) is 3.37. The molecule has 1 aliphatic rings. The van der Waals surface area contributed by atoms with Crippen molar-refractivity contribution in [3.8, 4) is 0 Å². The monoisotopic (exact) mass is 462 g/mol. The molecule has 3 rings (SSSR count). The lowest BCUT2D eigenvalue weighted by atomic mass is 9.80. The van der Waals surface area contributed by atoms with E-state index in [0.29, 0.717) is 16.9 Å². The summed E-state index contributed by atoms with van der Waals surface area (Å²) in [4.78, 5) is 14.0. The van der Waals surface area contributed by atoms with E-state index in [1.807, 2.05) is 0 Å². The van der Waals surface area contributed by atoms with Gasteiger partial charge < -0.3 is 15.2 Å². The Morgan fingerprint density at radius 2 is 2.00 bits per heavy atom. The van der Waals surface area contributed by atoms with Crippen molar-refractivity contribution in [1.29, 1.82) is 0 Å². The smallest absolute Gasteiger partial charge is 0.321 e. The van der Waals surface area contributed by atoms with E-state index >= 15 is 8.78 Å². The second kappa shape index (κ2) is 7.76. The number of amides is 1. The van der Waals surface area contributed by atoms with Crippen molar-refractivity contribution in [1.82, 2.24) is 10.3 Å². The quantitative estimate of drug-likeness (QED) is 0.359. The minimum atomic E-state index is -4.03. The van der Waals surface area contributed by atoms with Crippen LogP contribution in [0.4, 0.5) is 17.6 Å². The molecule has 0 radical (unpaired) electrons. The number of rotatable bonds is 8. The second-order valence-electron chi connectivity index (χ2n) is 6.36. The molecule has 3 unspecified atom stereocenters. The molecule has 0 saturated carbocycles. The first-order valence-corrected chi connectivity index (χ1v) is 8.98. The molecule has 10 heteroatoms. The van der Waals surface area contributed by atoms with E-state index in [4.69, 9.17) is 4.74 Å². The molecule has 1 amide bonds. The number of carbonyl (C=O) groups is 1. The van der Waals surface area contributed by atoms with Crippen molar-refractivity contribution in [3.63, 3.8) is 0 Å². The Kier molecular flexibility index (Phi) is 5.74. The normalized spacial score (nSPS) is 21.1. The minimum Gasteiger partial charge on any atom is -0.378 e. The van der Waals surface area contributed by atoms with Crippen LogP contribution in [0.5, 0.6) is 0 Å². The number of alkyl halides is 2. The van der Waals surface area contributed by atoms with Gasteiger partial charge in [-0.1, -0.05) is 6.07 Å². The molecule has 1 aliphatic heterocycles. The van der Waals surface area contributed by atoms with Crippen LogP contribution in [-0.4, -0.2) is 35.3 Å². The Morgan fingerprint density at radius 1 is 1.25 bits per heavy atom. The average molecular weight is 463 g/mol. The summed E-state index contributed by atoms with van der Waals surface area (Å²) in [5, 5.41) is 13.4. The lowest BCUT2D eigenvalue weighted by molar-refractivity contribution is -0.204. The molecule has 0 spiro atoms. The number of aliphatic hydroxyl groups is 1. The number of ether oxygens (including phenoxy) is 1. The molecule has 1 fully saturated rings. The van der Waals surface area contributed by atoms with Crippen molar-refractivity contribution in [3.05, 3.63) is 63.9 Å². The van der Waals surface area contributed by atoms with Crippen molar-refractivity contribution in [2.24, 2.45) is 0 Å². The van der Waals surface area contributed by atoms with Gasteiger partial charge in [0.05, 0.1) is 6.10 Å². The van der Waals surface area contributed by atoms with Gasteiger partial charge in [0.15, 0.2) is 5.60 Å². The number of nitrogens with zero attached hydrogens (tertiary/aromatic N) is 1. The second-order valence-corrected chi connectivity index (χ2v) is 7.28. The van der Waals surface area contributed by atoms with E-state index in [1.54, 1.807) is 0 Å². The summed E-state index contributed by atoms with van der Waals surface area (Å²) in [6, 6.07) is 4.29. The third kappa shape index (κ3) is 3.89. The maximum absolute atomic E-state index is 15.4. The molecule has 1 aromatic carbocycles. The number of halogens is 5. The number of pyridine rings is 1. The molecular formula is C18H15BrF4N2O3. The highest BCUT2D eigenvalue weighted by atomic mass is 79.9. The van der Waals surface area contributed by atoms with Crippen molar-refractivity contribution in [2.75, 3.05) is 6.54 Å². The molecule has 1 aromatic heterocycles. The van der Waals surface area contributed by atoms with Crippen LogP contribution < -0.4 is 5.32 Å². The third-order valence-corrected chi connectivity index (χ3v) is 5.00. The molecule has 1 saturated heterocycles. The highest BCUT2D eigenvalue weighted by Crippen LogP contribution is 2.50. The van der Waals surface area contributed by atoms with Gasteiger partial charge in [-0.05, 0) is 34.1 Å². The van der Waals surface area contributed by atoms with Gasteiger partial charge in [0.2, 0.25) is 6.41 Å². The number of hydrogen-bond acceptors (Lipinski definition) is 4. The summed E-state index contributed by atoms with van der Waals surface area (Å²) in [7, 11) is 0.